The van der Waals surface area contributed by atoms with Gasteiger partial charge >= 0.3 is 5.97 Å². The predicted molar refractivity (Wildman–Crippen MR) is 95.7 cm³/mol. The Kier molecular flexibility index (Phi) is 10.6. The highest BCUT2D eigenvalue weighted by Gasteiger charge is 2.06. The lowest BCUT2D eigenvalue weighted by Gasteiger charge is -2.05. The standard InChI is InChI=1S/C20H30O4/c1-2-3-4-5-6-7-8-9-10-11-19(21)17-12-14-18(15-13-17)24-16-20(22)23/h12-15H,2-11,16H2,1H3,(H,22,23). The summed E-state index contributed by atoms with van der Waals surface area (Å²) in [6.07, 6.45) is 11.7. The number of ketones is 1. The third kappa shape index (κ3) is 9.33. The summed E-state index contributed by atoms with van der Waals surface area (Å²) in [6, 6.07) is 6.69. The zero-order valence-corrected chi connectivity index (χ0v) is 14.8. The molecule has 0 fully saturated rings. The molecule has 0 saturated heterocycles. The molecule has 1 N–H and O–H groups in total. The number of rotatable bonds is 14. The van der Waals surface area contributed by atoms with Crippen molar-refractivity contribution in [3.63, 3.8) is 0 Å². The summed E-state index contributed by atoms with van der Waals surface area (Å²) in [4.78, 5) is 22.5. The Labute approximate surface area is 145 Å². The van der Waals surface area contributed by atoms with Crippen LogP contribution in [0.25, 0.3) is 0 Å². The van der Waals surface area contributed by atoms with Crippen molar-refractivity contribution in [2.24, 2.45) is 0 Å². The maximum absolute atomic E-state index is 12.1. The molecule has 4 nitrogen and oxygen atoms in total. The van der Waals surface area contributed by atoms with Gasteiger partial charge in [0.1, 0.15) is 5.75 Å². The van der Waals surface area contributed by atoms with Gasteiger partial charge in [0.05, 0.1) is 0 Å². The summed E-state index contributed by atoms with van der Waals surface area (Å²) in [6.45, 7) is 1.86. The van der Waals surface area contributed by atoms with Crippen LogP contribution in [-0.2, 0) is 4.79 Å². The van der Waals surface area contributed by atoms with Crippen molar-refractivity contribution in [2.45, 2.75) is 71.1 Å². The number of unbranched alkanes of at least 4 members (excludes halogenated alkanes) is 8. The van der Waals surface area contributed by atoms with Gasteiger partial charge in [-0.25, -0.2) is 4.79 Å². The summed E-state index contributed by atoms with van der Waals surface area (Å²) in [5.74, 6) is -0.403. The summed E-state index contributed by atoms with van der Waals surface area (Å²) >= 11 is 0. The normalized spacial score (nSPS) is 10.5. The second-order valence-corrected chi connectivity index (χ2v) is 6.21. The van der Waals surface area contributed by atoms with E-state index < -0.39 is 5.97 Å². The number of aliphatic carboxylic acids is 1. The van der Waals surface area contributed by atoms with Crippen molar-refractivity contribution < 1.29 is 19.4 Å². The molecule has 0 aliphatic heterocycles. The molecule has 0 aliphatic carbocycles. The van der Waals surface area contributed by atoms with Crippen molar-refractivity contribution in [3.8, 4) is 5.75 Å². The highest BCUT2D eigenvalue weighted by Crippen LogP contribution is 2.16. The molecule has 0 bridgehead atoms. The Hall–Kier alpha value is -1.84. The van der Waals surface area contributed by atoms with Gasteiger partial charge < -0.3 is 9.84 Å². The lowest BCUT2D eigenvalue weighted by molar-refractivity contribution is -0.139. The van der Waals surface area contributed by atoms with Crippen LogP contribution >= 0.6 is 0 Å². The van der Waals surface area contributed by atoms with Crippen LogP contribution in [0.2, 0.25) is 0 Å². The van der Waals surface area contributed by atoms with E-state index in [0.29, 0.717) is 17.7 Å². The number of Topliss-reactive ketones (excluding diaryl/α,β-unsaturated/α-hetero) is 1. The lowest BCUT2D eigenvalue weighted by Crippen LogP contribution is -2.09. The van der Waals surface area contributed by atoms with E-state index in [1.165, 1.54) is 44.9 Å². The molecule has 4 heteroatoms. The monoisotopic (exact) mass is 334 g/mol. The number of benzene rings is 1. The largest absolute Gasteiger partial charge is 0.482 e. The fourth-order valence-corrected chi connectivity index (χ4v) is 2.62. The zero-order chi connectivity index (χ0) is 17.6. The third-order valence-electron chi connectivity index (χ3n) is 4.05. The lowest BCUT2D eigenvalue weighted by atomic mass is 10.0. The molecule has 0 saturated carbocycles. The van der Waals surface area contributed by atoms with Crippen molar-refractivity contribution in [1.82, 2.24) is 0 Å². The first-order chi connectivity index (χ1) is 11.6. The average molecular weight is 334 g/mol. The fourth-order valence-electron chi connectivity index (χ4n) is 2.62. The Balaban J connectivity index is 2.13. The molecule has 0 unspecified atom stereocenters. The van der Waals surface area contributed by atoms with Gasteiger partial charge in [0.2, 0.25) is 0 Å². The molecule has 1 rings (SSSR count). The second kappa shape index (κ2) is 12.6. The predicted octanol–water partition coefficient (Wildman–Crippen LogP) is 5.25. The number of hydrogen-bond donors (Lipinski definition) is 1. The molecule has 24 heavy (non-hydrogen) atoms. The minimum Gasteiger partial charge on any atom is -0.482 e. The number of carbonyl (C=O) groups is 2. The summed E-state index contributed by atoms with van der Waals surface area (Å²) in [7, 11) is 0. The minimum atomic E-state index is -1.01. The van der Waals surface area contributed by atoms with Crippen LogP contribution in [0.3, 0.4) is 0 Å². The van der Waals surface area contributed by atoms with E-state index in [9.17, 15) is 9.59 Å². The number of carboxylic acids is 1. The Morgan fingerprint density at radius 3 is 1.96 bits per heavy atom. The molecule has 134 valence electrons. The molecule has 0 aliphatic rings. The first-order valence-electron chi connectivity index (χ1n) is 9.11. The Morgan fingerprint density at radius 1 is 0.875 bits per heavy atom. The molecule has 1 aromatic rings. The molecule has 0 amide bonds. The van der Waals surface area contributed by atoms with Gasteiger partial charge in [-0.3, -0.25) is 4.79 Å². The highest BCUT2D eigenvalue weighted by molar-refractivity contribution is 5.96. The van der Waals surface area contributed by atoms with Gasteiger partial charge in [-0.2, -0.15) is 0 Å². The van der Waals surface area contributed by atoms with Crippen LogP contribution in [0.1, 0.15) is 81.5 Å². The van der Waals surface area contributed by atoms with Crippen LogP contribution in [-0.4, -0.2) is 23.5 Å². The fraction of sp³-hybridized carbons (Fsp3) is 0.600. The average Bonchev–Trinajstić information content (AvgIpc) is 2.58. The van der Waals surface area contributed by atoms with Crippen LogP contribution in [0, 0.1) is 0 Å². The Morgan fingerprint density at radius 2 is 1.42 bits per heavy atom. The number of carboxylic acid groups (broad SMARTS) is 1. The van der Waals surface area contributed by atoms with Crippen LogP contribution in [0.4, 0.5) is 0 Å². The van der Waals surface area contributed by atoms with Crippen molar-refractivity contribution in [1.29, 1.82) is 0 Å². The molecular formula is C20H30O4. The first-order valence-corrected chi connectivity index (χ1v) is 9.11. The number of hydrogen-bond acceptors (Lipinski definition) is 3. The van der Waals surface area contributed by atoms with Gasteiger partial charge in [0.15, 0.2) is 12.4 Å². The topological polar surface area (TPSA) is 63.6 Å². The van der Waals surface area contributed by atoms with Crippen molar-refractivity contribution >= 4 is 11.8 Å². The molecular weight excluding hydrogens is 304 g/mol. The summed E-state index contributed by atoms with van der Waals surface area (Å²) < 4.78 is 5.05. The van der Waals surface area contributed by atoms with E-state index in [2.05, 4.69) is 6.92 Å². The van der Waals surface area contributed by atoms with Gasteiger partial charge in [-0.15, -0.1) is 0 Å². The number of ether oxygens (including phenoxy) is 1. The van der Waals surface area contributed by atoms with Gasteiger partial charge in [-0.1, -0.05) is 58.3 Å². The zero-order valence-electron chi connectivity index (χ0n) is 14.8. The van der Waals surface area contributed by atoms with Crippen LogP contribution in [0.5, 0.6) is 5.75 Å². The van der Waals surface area contributed by atoms with Crippen molar-refractivity contribution in [3.05, 3.63) is 29.8 Å². The van der Waals surface area contributed by atoms with E-state index in [1.54, 1.807) is 24.3 Å². The van der Waals surface area contributed by atoms with E-state index in [4.69, 9.17) is 9.84 Å². The first kappa shape index (κ1) is 20.2. The summed E-state index contributed by atoms with van der Waals surface area (Å²) in [5.41, 5.74) is 0.664. The third-order valence-corrected chi connectivity index (χ3v) is 4.05. The van der Waals surface area contributed by atoms with E-state index in [0.717, 1.165) is 12.8 Å². The maximum atomic E-state index is 12.1. The maximum Gasteiger partial charge on any atom is 0.341 e. The molecule has 0 atom stereocenters. The highest BCUT2D eigenvalue weighted by atomic mass is 16.5. The van der Waals surface area contributed by atoms with Crippen LogP contribution < -0.4 is 4.74 Å². The van der Waals surface area contributed by atoms with Crippen molar-refractivity contribution in [2.75, 3.05) is 6.61 Å². The molecule has 0 radical (unpaired) electrons. The Bertz CT molecular complexity index is 479. The van der Waals surface area contributed by atoms with Gasteiger partial charge in [0, 0.05) is 12.0 Å². The number of carbonyl (C=O) groups excluding carboxylic acids is 1. The minimum absolute atomic E-state index is 0.141. The van der Waals surface area contributed by atoms with Gasteiger partial charge in [-0.05, 0) is 30.7 Å². The summed E-state index contributed by atoms with van der Waals surface area (Å²) in [5, 5.41) is 8.55. The smallest absolute Gasteiger partial charge is 0.341 e. The molecule has 1 aromatic carbocycles. The van der Waals surface area contributed by atoms with E-state index >= 15 is 0 Å². The molecule has 0 aromatic heterocycles. The molecule has 0 heterocycles. The van der Waals surface area contributed by atoms with Crippen LogP contribution in [0.15, 0.2) is 24.3 Å². The van der Waals surface area contributed by atoms with Gasteiger partial charge in [0.25, 0.3) is 0 Å². The van der Waals surface area contributed by atoms with E-state index in [-0.39, 0.29) is 12.4 Å². The SMILES string of the molecule is CCCCCCCCCCCC(=O)c1ccc(OCC(=O)O)cc1. The quantitative estimate of drug-likeness (QED) is 0.372. The van der Waals surface area contributed by atoms with E-state index in [1.807, 2.05) is 0 Å². The molecule has 0 spiro atoms. The second-order valence-electron chi connectivity index (χ2n) is 6.21.